The van der Waals surface area contributed by atoms with Crippen molar-refractivity contribution in [1.29, 1.82) is 0 Å². The van der Waals surface area contributed by atoms with E-state index in [2.05, 4.69) is 5.32 Å². The highest BCUT2D eigenvalue weighted by atomic mass is 35.5. The van der Waals surface area contributed by atoms with Crippen molar-refractivity contribution in [2.24, 2.45) is 0 Å². The van der Waals surface area contributed by atoms with Crippen LogP contribution in [0.5, 0.6) is 0 Å². The first kappa shape index (κ1) is 15.3. The van der Waals surface area contributed by atoms with Crippen LogP contribution < -0.4 is 5.32 Å². The molecule has 2 rings (SSSR count). The van der Waals surface area contributed by atoms with Crippen molar-refractivity contribution in [1.82, 2.24) is 0 Å². The molecule has 0 radical (unpaired) electrons. The minimum absolute atomic E-state index is 0.205. The molecule has 0 heterocycles. The van der Waals surface area contributed by atoms with Gasteiger partial charge in [0, 0.05) is 17.3 Å². The van der Waals surface area contributed by atoms with Gasteiger partial charge in [-0.05, 0) is 42.3 Å². The summed E-state index contributed by atoms with van der Waals surface area (Å²) in [6, 6.07) is 12.0. The summed E-state index contributed by atoms with van der Waals surface area (Å²) in [4.78, 5) is 11.8. The Hall–Kier alpha value is -2.13. The predicted molar refractivity (Wildman–Crippen MR) is 84.9 cm³/mol. The third-order valence-electron chi connectivity index (χ3n) is 3.00. The van der Waals surface area contributed by atoms with Crippen molar-refractivity contribution < 1.29 is 9.18 Å². The number of hydrogen-bond acceptors (Lipinski definition) is 1. The Morgan fingerprint density at radius 3 is 2.76 bits per heavy atom. The first-order valence-corrected chi connectivity index (χ1v) is 7.00. The number of hydrogen-bond donors (Lipinski definition) is 1. The van der Waals surface area contributed by atoms with Gasteiger partial charge in [0.05, 0.1) is 5.02 Å². The number of halogens is 2. The van der Waals surface area contributed by atoms with E-state index in [-0.39, 0.29) is 16.5 Å². The number of carbonyl (C=O) groups excluding carboxylic acids is 1. The van der Waals surface area contributed by atoms with Gasteiger partial charge in [-0.2, -0.15) is 0 Å². The molecule has 0 saturated heterocycles. The van der Waals surface area contributed by atoms with Crippen molar-refractivity contribution >= 4 is 29.3 Å². The Labute approximate surface area is 128 Å². The van der Waals surface area contributed by atoms with Gasteiger partial charge in [-0.1, -0.05) is 36.7 Å². The Bertz CT molecular complexity index is 662. The summed E-state index contributed by atoms with van der Waals surface area (Å²) in [6.07, 6.45) is 3.53. The van der Waals surface area contributed by atoms with Gasteiger partial charge in [0.25, 0.3) is 0 Å². The maximum atomic E-state index is 13.6. The van der Waals surface area contributed by atoms with Crippen LogP contribution in [0.25, 0.3) is 6.08 Å². The molecule has 2 aromatic carbocycles. The van der Waals surface area contributed by atoms with Crippen LogP contribution in [0.3, 0.4) is 0 Å². The molecule has 2 nitrogen and oxygen atoms in total. The molecule has 0 aliphatic heterocycles. The molecular formula is C17H15ClFNO. The Kier molecular flexibility index (Phi) is 5.12. The van der Waals surface area contributed by atoms with Gasteiger partial charge >= 0.3 is 0 Å². The van der Waals surface area contributed by atoms with Gasteiger partial charge in [-0.25, -0.2) is 4.39 Å². The van der Waals surface area contributed by atoms with E-state index in [1.807, 2.05) is 25.1 Å². The van der Waals surface area contributed by atoms with Crippen LogP contribution in [0, 0.1) is 5.82 Å². The van der Waals surface area contributed by atoms with E-state index < -0.39 is 5.82 Å². The molecule has 108 valence electrons. The van der Waals surface area contributed by atoms with Crippen molar-refractivity contribution in [3.8, 4) is 0 Å². The number of rotatable bonds is 4. The molecule has 0 aliphatic rings. The molecule has 0 atom stereocenters. The first-order chi connectivity index (χ1) is 10.1. The average molecular weight is 304 g/mol. The standard InChI is InChI=1S/C17H15ClFNO/c1-2-12-5-3-6-13(11-12)20-17(21)10-9-14-15(18)7-4-8-16(14)19/h3-11H,2H2,1H3,(H,20,21)/b10-9+. The highest BCUT2D eigenvalue weighted by Crippen LogP contribution is 2.20. The van der Waals surface area contributed by atoms with Crippen LogP contribution in [0.1, 0.15) is 18.1 Å². The lowest BCUT2D eigenvalue weighted by Crippen LogP contribution is -2.07. The number of nitrogens with one attached hydrogen (secondary N) is 1. The van der Waals surface area contributed by atoms with Gasteiger partial charge in [0.1, 0.15) is 5.82 Å². The minimum Gasteiger partial charge on any atom is -0.323 e. The third kappa shape index (κ3) is 4.17. The van der Waals surface area contributed by atoms with E-state index in [0.29, 0.717) is 5.69 Å². The second-order valence-electron chi connectivity index (χ2n) is 4.51. The lowest BCUT2D eigenvalue weighted by Gasteiger charge is -2.04. The van der Waals surface area contributed by atoms with Crippen molar-refractivity contribution in [2.45, 2.75) is 13.3 Å². The van der Waals surface area contributed by atoms with Crippen LogP contribution in [0.4, 0.5) is 10.1 Å². The van der Waals surface area contributed by atoms with Crippen molar-refractivity contribution in [3.05, 3.63) is 70.5 Å². The quantitative estimate of drug-likeness (QED) is 0.815. The Balaban J connectivity index is 2.09. The number of amides is 1. The molecule has 21 heavy (non-hydrogen) atoms. The van der Waals surface area contributed by atoms with E-state index in [0.717, 1.165) is 12.0 Å². The van der Waals surface area contributed by atoms with Gasteiger partial charge < -0.3 is 5.32 Å². The van der Waals surface area contributed by atoms with Crippen LogP contribution >= 0.6 is 11.6 Å². The second-order valence-corrected chi connectivity index (χ2v) is 4.92. The summed E-state index contributed by atoms with van der Waals surface area (Å²) >= 11 is 5.89. The number of anilines is 1. The zero-order valence-electron chi connectivity index (χ0n) is 11.6. The topological polar surface area (TPSA) is 29.1 Å². The molecule has 0 aliphatic carbocycles. The highest BCUT2D eigenvalue weighted by Gasteiger charge is 2.04. The maximum Gasteiger partial charge on any atom is 0.248 e. The molecule has 0 spiro atoms. The molecule has 0 fully saturated rings. The summed E-state index contributed by atoms with van der Waals surface area (Å²) in [5.74, 6) is -0.790. The molecule has 0 unspecified atom stereocenters. The van der Waals surface area contributed by atoms with Gasteiger partial charge in [-0.15, -0.1) is 0 Å². The summed E-state index contributed by atoms with van der Waals surface area (Å²) in [5, 5.41) is 3.00. The van der Waals surface area contributed by atoms with Crippen LogP contribution in [-0.4, -0.2) is 5.91 Å². The SMILES string of the molecule is CCc1cccc(NC(=O)/C=C/c2c(F)cccc2Cl)c1. The fourth-order valence-electron chi connectivity index (χ4n) is 1.88. The zero-order chi connectivity index (χ0) is 15.2. The second kappa shape index (κ2) is 7.04. The van der Waals surface area contributed by atoms with Crippen LogP contribution in [0.15, 0.2) is 48.5 Å². The Morgan fingerprint density at radius 2 is 2.05 bits per heavy atom. The molecular weight excluding hydrogens is 289 g/mol. The molecule has 1 N–H and O–H groups in total. The lowest BCUT2D eigenvalue weighted by molar-refractivity contribution is -0.111. The zero-order valence-corrected chi connectivity index (χ0v) is 12.3. The highest BCUT2D eigenvalue weighted by molar-refractivity contribution is 6.32. The monoisotopic (exact) mass is 303 g/mol. The van der Waals surface area contributed by atoms with E-state index in [4.69, 9.17) is 11.6 Å². The average Bonchev–Trinajstić information content (AvgIpc) is 2.47. The van der Waals surface area contributed by atoms with Crippen LogP contribution in [-0.2, 0) is 11.2 Å². The fraction of sp³-hybridized carbons (Fsp3) is 0.118. The third-order valence-corrected chi connectivity index (χ3v) is 3.33. The van der Waals surface area contributed by atoms with E-state index in [1.165, 1.54) is 24.3 Å². The fourth-order valence-corrected chi connectivity index (χ4v) is 2.11. The minimum atomic E-state index is -0.459. The summed E-state index contributed by atoms with van der Waals surface area (Å²) in [6.45, 7) is 2.04. The van der Waals surface area contributed by atoms with Gasteiger partial charge in [0.15, 0.2) is 0 Å². The predicted octanol–water partition coefficient (Wildman–Crippen LogP) is 4.69. The lowest BCUT2D eigenvalue weighted by atomic mass is 10.1. The number of aryl methyl sites for hydroxylation is 1. The molecule has 0 saturated carbocycles. The number of benzene rings is 2. The molecule has 0 bridgehead atoms. The molecule has 4 heteroatoms. The Morgan fingerprint density at radius 1 is 1.29 bits per heavy atom. The van der Waals surface area contributed by atoms with Crippen molar-refractivity contribution in [3.63, 3.8) is 0 Å². The van der Waals surface area contributed by atoms with E-state index in [1.54, 1.807) is 12.1 Å². The van der Waals surface area contributed by atoms with E-state index >= 15 is 0 Å². The molecule has 2 aromatic rings. The maximum absolute atomic E-state index is 13.6. The molecule has 0 aromatic heterocycles. The molecule has 1 amide bonds. The van der Waals surface area contributed by atoms with Gasteiger partial charge in [0.2, 0.25) is 5.91 Å². The normalized spacial score (nSPS) is 10.8. The van der Waals surface area contributed by atoms with Gasteiger partial charge in [-0.3, -0.25) is 4.79 Å². The summed E-state index contributed by atoms with van der Waals surface area (Å²) in [7, 11) is 0. The van der Waals surface area contributed by atoms with E-state index in [9.17, 15) is 9.18 Å². The van der Waals surface area contributed by atoms with Crippen molar-refractivity contribution in [2.75, 3.05) is 5.32 Å². The van der Waals surface area contributed by atoms with Crippen LogP contribution in [0.2, 0.25) is 5.02 Å². The summed E-state index contributed by atoms with van der Waals surface area (Å²) < 4.78 is 13.6. The largest absolute Gasteiger partial charge is 0.323 e. The number of carbonyl (C=O) groups is 1. The summed E-state index contributed by atoms with van der Waals surface area (Å²) in [5.41, 5.74) is 2.05. The smallest absolute Gasteiger partial charge is 0.248 e. The first-order valence-electron chi connectivity index (χ1n) is 6.62.